The van der Waals surface area contributed by atoms with Crippen LogP contribution in [0.4, 0.5) is 0 Å². The maximum Gasteiger partial charge on any atom is 0.326 e. The van der Waals surface area contributed by atoms with Crippen LogP contribution < -0.4 is 10.6 Å². The van der Waals surface area contributed by atoms with Crippen molar-refractivity contribution in [3.63, 3.8) is 0 Å². The van der Waals surface area contributed by atoms with Gasteiger partial charge in [-0.1, -0.05) is 26.7 Å². The molecule has 0 unspecified atom stereocenters. The molecule has 18 heavy (non-hydrogen) atoms. The fraction of sp³-hybridized carbons (Fsp3) is 0.750. The number of carbonyl (C=O) groups is 3. The lowest BCUT2D eigenvalue weighted by Crippen LogP contribution is -2.51. The van der Waals surface area contributed by atoms with Gasteiger partial charge in [0.15, 0.2) is 0 Å². The summed E-state index contributed by atoms with van der Waals surface area (Å²) in [5.74, 6) is -1.79. The van der Waals surface area contributed by atoms with Crippen molar-refractivity contribution in [3.05, 3.63) is 0 Å². The van der Waals surface area contributed by atoms with Crippen LogP contribution in [0.1, 0.15) is 46.5 Å². The molecule has 3 N–H and O–H groups in total. The quantitative estimate of drug-likeness (QED) is 0.596. The summed E-state index contributed by atoms with van der Waals surface area (Å²) in [6.07, 6.45) is 2.25. The summed E-state index contributed by atoms with van der Waals surface area (Å²) in [6.45, 7) is 5.07. The predicted molar refractivity (Wildman–Crippen MR) is 67.0 cm³/mol. The molecule has 6 heteroatoms. The number of carboxylic acid groups (broad SMARTS) is 1. The van der Waals surface area contributed by atoms with Gasteiger partial charge >= 0.3 is 5.97 Å². The summed E-state index contributed by atoms with van der Waals surface area (Å²) >= 11 is 0. The van der Waals surface area contributed by atoms with Crippen LogP contribution in [0.2, 0.25) is 0 Å². The molecule has 0 aromatic heterocycles. The molecule has 0 aliphatic rings. The van der Waals surface area contributed by atoms with Crippen molar-refractivity contribution in [2.24, 2.45) is 0 Å². The molecule has 6 nitrogen and oxygen atoms in total. The van der Waals surface area contributed by atoms with Gasteiger partial charge in [-0.05, 0) is 12.8 Å². The molecule has 0 saturated carbocycles. The minimum absolute atomic E-state index is 0.300. The maximum absolute atomic E-state index is 11.9. The molecule has 0 spiro atoms. The lowest BCUT2D eigenvalue weighted by Gasteiger charge is -2.20. The van der Waals surface area contributed by atoms with Gasteiger partial charge < -0.3 is 15.7 Å². The second-order valence-corrected chi connectivity index (χ2v) is 4.23. The third-order valence-corrected chi connectivity index (χ3v) is 2.46. The van der Waals surface area contributed by atoms with Crippen molar-refractivity contribution in [2.75, 3.05) is 0 Å². The lowest BCUT2D eigenvalue weighted by atomic mass is 10.1. The molecule has 0 aromatic carbocycles. The zero-order valence-electron chi connectivity index (χ0n) is 11.2. The van der Waals surface area contributed by atoms with E-state index in [0.29, 0.717) is 19.3 Å². The monoisotopic (exact) mass is 258 g/mol. The van der Waals surface area contributed by atoms with Gasteiger partial charge in [0, 0.05) is 6.92 Å². The number of hydrogen-bond donors (Lipinski definition) is 3. The van der Waals surface area contributed by atoms with Crippen LogP contribution >= 0.6 is 0 Å². The van der Waals surface area contributed by atoms with Crippen molar-refractivity contribution in [3.8, 4) is 0 Å². The molecule has 104 valence electrons. The van der Waals surface area contributed by atoms with E-state index in [9.17, 15) is 14.4 Å². The first-order chi connectivity index (χ1) is 8.42. The van der Waals surface area contributed by atoms with E-state index < -0.39 is 24.0 Å². The summed E-state index contributed by atoms with van der Waals surface area (Å²) in [5, 5.41) is 13.9. The average molecular weight is 258 g/mol. The Morgan fingerprint density at radius 3 is 1.89 bits per heavy atom. The Labute approximate surface area is 107 Å². The summed E-state index contributed by atoms with van der Waals surface area (Å²) < 4.78 is 0. The SMILES string of the molecule is CCC[C@H](NC(=O)[C@H](CCC)NC(C)=O)C(=O)O. The Morgan fingerprint density at radius 1 is 1.00 bits per heavy atom. The first-order valence-corrected chi connectivity index (χ1v) is 6.22. The van der Waals surface area contributed by atoms with Gasteiger partial charge in [0.05, 0.1) is 0 Å². The molecule has 0 bridgehead atoms. The van der Waals surface area contributed by atoms with Crippen molar-refractivity contribution >= 4 is 17.8 Å². The fourth-order valence-electron chi connectivity index (χ4n) is 1.62. The van der Waals surface area contributed by atoms with Crippen molar-refractivity contribution in [1.29, 1.82) is 0 Å². The van der Waals surface area contributed by atoms with Gasteiger partial charge in [-0.15, -0.1) is 0 Å². The molecule has 2 atom stereocenters. The van der Waals surface area contributed by atoms with E-state index in [2.05, 4.69) is 10.6 Å². The molecule has 2 amide bonds. The van der Waals surface area contributed by atoms with E-state index in [1.54, 1.807) is 0 Å². The van der Waals surface area contributed by atoms with Crippen LogP contribution in [0, 0.1) is 0 Å². The first kappa shape index (κ1) is 16.4. The third-order valence-electron chi connectivity index (χ3n) is 2.46. The molecule has 0 aromatic rings. The van der Waals surface area contributed by atoms with Crippen LogP contribution in [0.5, 0.6) is 0 Å². The highest BCUT2D eigenvalue weighted by Gasteiger charge is 2.24. The lowest BCUT2D eigenvalue weighted by molar-refractivity contribution is -0.142. The number of carboxylic acids is 1. The van der Waals surface area contributed by atoms with Crippen LogP contribution in [0.15, 0.2) is 0 Å². The standard InChI is InChI=1S/C12H22N2O4/c1-4-6-9(13-8(3)15)11(16)14-10(7-5-2)12(17)18/h9-10H,4-7H2,1-3H3,(H,13,15)(H,14,16)(H,17,18)/t9-,10-/m0/s1. The van der Waals surface area contributed by atoms with E-state index >= 15 is 0 Å². The third kappa shape index (κ3) is 6.22. The smallest absolute Gasteiger partial charge is 0.326 e. The zero-order chi connectivity index (χ0) is 14.1. The summed E-state index contributed by atoms with van der Waals surface area (Å²) in [7, 11) is 0. The van der Waals surface area contributed by atoms with Crippen LogP contribution in [0.3, 0.4) is 0 Å². The largest absolute Gasteiger partial charge is 0.480 e. The first-order valence-electron chi connectivity index (χ1n) is 6.22. The highest BCUT2D eigenvalue weighted by molar-refractivity contribution is 5.89. The molecular weight excluding hydrogens is 236 g/mol. The van der Waals surface area contributed by atoms with Crippen LogP contribution in [-0.2, 0) is 14.4 Å². The van der Waals surface area contributed by atoms with E-state index in [1.807, 2.05) is 13.8 Å². The molecule has 0 aliphatic heterocycles. The van der Waals surface area contributed by atoms with Crippen molar-refractivity contribution in [1.82, 2.24) is 10.6 Å². The maximum atomic E-state index is 11.9. The summed E-state index contributed by atoms with van der Waals surface area (Å²) in [6, 6.07) is -1.55. The number of nitrogens with one attached hydrogen (secondary N) is 2. The molecule has 0 radical (unpaired) electrons. The van der Waals surface area contributed by atoms with Crippen LogP contribution in [-0.4, -0.2) is 35.0 Å². The van der Waals surface area contributed by atoms with E-state index in [-0.39, 0.29) is 5.91 Å². The van der Waals surface area contributed by atoms with Gasteiger partial charge in [0.1, 0.15) is 12.1 Å². The van der Waals surface area contributed by atoms with E-state index in [1.165, 1.54) is 6.92 Å². The second kappa shape index (κ2) is 8.49. The minimum atomic E-state index is -1.05. The molecule has 0 rings (SSSR count). The number of carbonyl (C=O) groups excluding carboxylic acids is 2. The Balaban J connectivity index is 4.55. The number of hydrogen-bond acceptors (Lipinski definition) is 3. The van der Waals surface area contributed by atoms with Crippen molar-refractivity contribution in [2.45, 2.75) is 58.5 Å². The van der Waals surface area contributed by atoms with Gasteiger partial charge in [0.25, 0.3) is 0 Å². The molecule has 0 fully saturated rings. The van der Waals surface area contributed by atoms with E-state index in [0.717, 1.165) is 6.42 Å². The number of aliphatic carboxylic acids is 1. The number of amides is 2. The fourth-order valence-corrected chi connectivity index (χ4v) is 1.62. The van der Waals surface area contributed by atoms with Gasteiger partial charge in [-0.2, -0.15) is 0 Å². The molecule has 0 aliphatic carbocycles. The highest BCUT2D eigenvalue weighted by Crippen LogP contribution is 2.01. The Hall–Kier alpha value is -1.59. The van der Waals surface area contributed by atoms with Gasteiger partial charge in [-0.3, -0.25) is 9.59 Å². The Morgan fingerprint density at radius 2 is 1.50 bits per heavy atom. The van der Waals surface area contributed by atoms with Crippen LogP contribution in [0.25, 0.3) is 0 Å². The molecular formula is C12H22N2O4. The summed E-state index contributed by atoms with van der Waals surface area (Å²) in [5.41, 5.74) is 0. The summed E-state index contributed by atoms with van der Waals surface area (Å²) in [4.78, 5) is 33.8. The minimum Gasteiger partial charge on any atom is -0.480 e. The van der Waals surface area contributed by atoms with Gasteiger partial charge in [0.2, 0.25) is 11.8 Å². The topological polar surface area (TPSA) is 95.5 Å². The molecule has 0 heterocycles. The van der Waals surface area contributed by atoms with E-state index in [4.69, 9.17) is 5.11 Å². The normalized spacial score (nSPS) is 13.5. The highest BCUT2D eigenvalue weighted by atomic mass is 16.4. The average Bonchev–Trinajstić information content (AvgIpc) is 2.27. The Bertz CT molecular complexity index is 304. The van der Waals surface area contributed by atoms with Crippen molar-refractivity contribution < 1.29 is 19.5 Å². The second-order valence-electron chi connectivity index (χ2n) is 4.23. The number of rotatable bonds is 8. The molecule has 0 saturated heterocycles. The Kier molecular flexibility index (Phi) is 7.74. The predicted octanol–water partition coefficient (Wildman–Crippen LogP) is 0.661. The van der Waals surface area contributed by atoms with Gasteiger partial charge in [-0.25, -0.2) is 4.79 Å². The zero-order valence-corrected chi connectivity index (χ0v) is 11.2.